The zero-order valence-electron chi connectivity index (χ0n) is 14.4. The van der Waals surface area contributed by atoms with Gasteiger partial charge < -0.3 is 20.3 Å². The fourth-order valence-corrected chi connectivity index (χ4v) is 3.09. The number of anilines is 3. The Hall–Kier alpha value is -2.73. The highest BCUT2D eigenvalue weighted by Gasteiger charge is 2.23. The third-order valence-electron chi connectivity index (χ3n) is 4.13. The smallest absolute Gasteiger partial charge is 0.323 e. The summed E-state index contributed by atoms with van der Waals surface area (Å²) in [6.45, 7) is 0.646. The number of hydrogen-bond acceptors (Lipinski definition) is 3. The van der Waals surface area contributed by atoms with Crippen LogP contribution in [0.25, 0.3) is 0 Å². The van der Waals surface area contributed by atoms with Crippen LogP contribution in [-0.2, 0) is 4.79 Å². The summed E-state index contributed by atoms with van der Waals surface area (Å²) in [6.07, 6.45) is 2.37. The Labute approximate surface area is 157 Å². The number of carbonyl (C=O) groups is 2. The van der Waals surface area contributed by atoms with Crippen molar-refractivity contribution in [3.8, 4) is 5.75 Å². The molecule has 0 radical (unpaired) electrons. The summed E-state index contributed by atoms with van der Waals surface area (Å²) in [5.74, 6) is 0.663. The van der Waals surface area contributed by atoms with Gasteiger partial charge in [-0.15, -0.1) is 0 Å². The Morgan fingerprint density at radius 3 is 2.58 bits per heavy atom. The summed E-state index contributed by atoms with van der Waals surface area (Å²) in [4.78, 5) is 26.2. The van der Waals surface area contributed by atoms with Crippen molar-refractivity contribution in [2.45, 2.75) is 19.3 Å². The minimum Gasteiger partial charge on any atom is -0.495 e. The van der Waals surface area contributed by atoms with E-state index in [0.29, 0.717) is 40.8 Å². The summed E-state index contributed by atoms with van der Waals surface area (Å²) < 4.78 is 5.38. The van der Waals surface area contributed by atoms with Crippen molar-refractivity contribution in [2.24, 2.45) is 0 Å². The van der Waals surface area contributed by atoms with E-state index < -0.39 is 6.03 Å². The first kappa shape index (κ1) is 18.1. The fourth-order valence-electron chi connectivity index (χ4n) is 2.90. The number of nitrogens with one attached hydrogen (secondary N) is 2. The van der Waals surface area contributed by atoms with E-state index in [9.17, 15) is 9.59 Å². The first-order chi connectivity index (χ1) is 12.6. The zero-order valence-corrected chi connectivity index (χ0v) is 15.2. The number of nitrogens with zero attached hydrogens (tertiary/aromatic N) is 1. The topological polar surface area (TPSA) is 70.7 Å². The molecule has 0 unspecified atom stereocenters. The Morgan fingerprint density at radius 2 is 1.88 bits per heavy atom. The van der Waals surface area contributed by atoms with E-state index in [0.717, 1.165) is 12.8 Å². The lowest BCUT2D eigenvalue weighted by Gasteiger charge is -2.28. The number of methoxy groups -OCH3 is 1. The number of carbonyl (C=O) groups excluding carboxylic acids is 2. The molecule has 6 nitrogen and oxygen atoms in total. The number of benzene rings is 2. The number of urea groups is 1. The lowest BCUT2D eigenvalue weighted by molar-refractivity contribution is -0.119. The molecule has 0 bridgehead atoms. The van der Waals surface area contributed by atoms with Gasteiger partial charge in [-0.1, -0.05) is 17.7 Å². The molecule has 0 aromatic heterocycles. The summed E-state index contributed by atoms with van der Waals surface area (Å²) >= 11 is 5.92. The Kier molecular flexibility index (Phi) is 5.63. The molecule has 1 saturated heterocycles. The average molecular weight is 374 g/mol. The molecule has 0 aliphatic carbocycles. The van der Waals surface area contributed by atoms with Crippen LogP contribution in [0, 0.1) is 0 Å². The maximum Gasteiger partial charge on any atom is 0.323 e. The molecule has 1 aliphatic heterocycles. The summed E-state index contributed by atoms with van der Waals surface area (Å²) in [6, 6.07) is 11.7. The van der Waals surface area contributed by atoms with Gasteiger partial charge in [-0.3, -0.25) is 4.79 Å². The number of piperidine rings is 1. The van der Waals surface area contributed by atoms with Gasteiger partial charge in [0.25, 0.3) is 0 Å². The molecule has 0 spiro atoms. The van der Waals surface area contributed by atoms with Gasteiger partial charge >= 0.3 is 6.03 Å². The molecule has 1 fully saturated rings. The average Bonchev–Trinajstić information content (AvgIpc) is 2.62. The number of ether oxygens (including phenoxy) is 1. The van der Waals surface area contributed by atoms with E-state index in [4.69, 9.17) is 16.3 Å². The molecular formula is C19H20ClN3O3. The van der Waals surface area contributed by atoms with Crippen LogP contribution in [0.15, 0.2) is 42.5 Å². The molecule has 1 heterocycles. The van der Waals surface area contributed by atoms with Crippen LogP contribution >= 0.6 is 11.6 Å². The van der Waals surface area contributed by atoms with Crippen molar-refractivity contribution in [1.82, 2.24) is 0 Å². The maximum absolute atomic E-state index is 12.2. The number of hydrogen-bond donors (Lipinski definition) is 2. The second kappa shape index (κ2) is 8.10. The Balaban J connectivity index is 1.76. The highest BCUT2D eigenvalue weighted by atomic mass is 35.5. The SMILES string of the molecule is COc1ccc(NC(=O)Nc2cccc(Cl)c2)cc1N1CCCCC1=O. The van der Waals surface area contributed by atoms with E-state index in [2.05, 4.69) is 10.6 Å². The van der Waals surface area contributed by atoms with Gasteiger partial charge in [-0.2, -0.15) is 0 Å². The van der Waals surface area contributed by atoms with Crippen molar-refractivity contribution in [3.63, 3.8) is 0 Å². The molecule has 1 aliphatic rings. The van der Waals surface area contributed by atoms with E-state index in [1.165, 1.54) is 0 Å². The minimum absolute atomic E-state index is 0.0649. The van der Waals surface area contributed by atoms with Gasteiger partial charge in [0, 0.05) is 29.4 Å². The van der Waals surface area contributed by atoms with Gasteiger partial charge in [0.2, 0.25) is 5.91 Å². The molecule has 0 atom stereocenters. The van der Waals surface area contributed by atoms with Crippen LogP contribution < -0.4 is 20.3 Å². The molecule has 136 valence electrons. The standard InChI is InChI=1S/C19H20ClN3O3/c1-26-17-9-8-15(12-16(17)23-10-3-2-7-18(23)24)22-19(25)21-14-6-4-5-13(20)11-14/h4-6,8-9,11-12H,2-3,7,10H2,1H3,(H2,21,22,25). The quantitative estimate of drug-likeness (QED) is 0.828. The number of amides is 3. The Bertz CT molecular complexity index is 825. The monoisotopic (exact) mass is 373 g/mol. The first-order valence-corrected chi connectivity index (χ1v) is 8.76. The lowest BCUT2D eigenvalue weighted by atomic mass is 10.1. The third kappa shape index (κ3) is 4.26. The van der Waals surface area contributed by atoms with Crippen molar-refractivity contribution in [1.29, 1.82) is 0 Å². The van der Waals surface area contributed by atoms with E-state index >= 15 is 0 Å². The second-order valence-corrected chi connectivity index (χ2v) is 6.42. The predicted molar refractivity (Wildman–Crippen MR) is 103 cm³/mol. The second-order valence-electron chi connectivity index (χ2n) is 5.98. The molecule has 2 aromatic rings. The lowest BCUT2D eigenvalue weighted by Crippen LogP contribution is -2.35. The zero-order chi connectivity index (χ0) is 18.5. The molecule has 7 heteroatoms. The number of rotatable bonds is 4. The van der Waals surface area contributed by atoms with Crippen LogP contribution in [-0.4, -0.2) is 25.6 Å². The van der Waals surface area contributed by atoms with Crippen LogP contribution in [0.2, 0.25) is 5.02 Å². The summed E-state index contributed by atoms with van der Waals surface area (Å²) in [5.41, 5.74) is 1.83. The minimum atomic E-state index is -0.395. The van der Waals surface area contributed by atoms with E-state index in [-0.39, 0.29) is 5.91 Å². The van der Waals surface area contributed by atoms with Gasteiger partial charge in [-0.05, 0) is 49.2 Å². The van der Waals surface area contributed by atoms with E-state index in [1.54, 1.807) is 54.5 Å². The van der Waals surface area contributed by atoms with Crippen molar-refractivity contribution >= 4 is 40.6 Å². The molecule has 3 amide bonds. The van der Waals surface area contributed by atoms with Crippen LogP contribution in [0.4, 0.5) is 21.9 Å². The van der Waals surface area contributed by atoms with Gasteiger partial charge in [-0.25, -0.2) is 4.79 Å². The van der Waals surface area contributed by atoms with Crippen LogP contribution in [0.5, 0.6) is 5.75 Å². The van der Waals surface area contributed by atoms with E-state index in [1.807, 2.05) is 0 Å². The Morgan fingerprint density at radius 1 is 1.12 bits per heavy atom. The van der Waals surface area contributed by atoms with Crippen LogP contribution in [0.1, 0.15) is 19.3 Å². The van der Waals surface area contributed by atoms with Crippen molar-refractivity contribution < 1.29 is 14.3 Å². The highest BCUT2D eigenvalue weighted by Crippen LogP contribution is 2.33. The third-order valence-corrected chi connectivity index (χ3v) is 4.37. The highest BCUT2D eigenvalue weighted by molar-refractivity contribution is 6.30. The van der Waals surface area contributed by atoms with Gasteiger partial charge in [0.1, 0.15) is 5.75 Å². The van der Waals surface area contributed by atoms with Crippen molar-refractivity contribution in [3.05, 3.63) is 47.5 Å². The molecule has 3 rings (SSSR count). The summed E-state index contributed by atoms with van der Waals surface area (Å²) in [7, 11) is 1.56. The predicted octanol–water partition coefficient (Wildman–Crippen LogP) is 4.51. The fraction of sp³-hybridized carbons (Fsp3) is 0.263. The normalized spacial score (nSPS) is 14.1. The number of halogens is 1. The first-order valence-electron chi connectivity index (χ1n) is 8.39. The molecule has 0 saturated carbocycles. The van der Waals surface area contributed by atoms with Crippen LogP contribution in [0.3, 0.4) is 0 Å². The molecular weight excluding hydrogens is 354 g/mol. The van der Waals surface area contributed by atoms with Gasteiger partial charge in [0.05, 0.1) is 12.8 Å². The largest absolute Gasteiger partial charge is 0.495 e. The maximum atomic E-state index is 12.2. The summed E-state index contributed by atoms with van der Waals surface area (Å²) in [5, 5.41) is 6.03. The molecule has 2 aromatic carbocycles. The van der Waals surface area contributed by atoms with Gasteiger partial charge in [0.15, 0.2) is 0 Å². The van der Waals surface area contributed by atoms with Crippen molar-refractivity contribution in [2.75, 3.05) is 29.2 Å². The molecule has 2 N–H and O–H groups in total. The molecule has 26 heavy (non-hydrogen) atoms.